The van der Waals surface area contributed by atoms with Crippen LogP contribution in [0.1, 0.15) is 95.9 Å². The number of nitrogens with zero attached hydrogens (tertiary/aromatic N) is 1. The molecule has 2 fully saturated rings. The lowest BCUT2D eigenvalue weighted by Crippen LogP contribution is -2.46. The summed E-state index contributed by atoms with van der Waals surface area (Å²) in [6.07, 6.45) is 14.1. The Morgan fingerprint density at radius 2 is 1.83 bits per heavy atom. The number of allylic oxidation sites excluding steroid dienone is 3. The third-order valence-corrected chi connectivity index (χ3v) is 7.93. The highest BCUT2D eigenvalue weighted by molar-refractivity contribution is 5.90. The monoisotopic (exact) mass is 654 g/mol. The molecule has 12 heteroatoms. The molecule has 4 heterocycles. The van der Waals surface area contributed by atoms with E-state index in [1.807, 2.05) is 26.0 Å². The van der Waals surface area contributed by atoms with Crippen LogP contribution >= 0.6 is 0 Å². The molecule has 47 heavy (non-hydrogen) atoms. The van der Waals surface area contributed by atoms with Gasteiger partial charge in [-0.2, -0.15) is 0 Å². The number of ether oxygens (including phenoxy) is 5. The van der Waals surface area contributed by atoms with E-state index in [2.05, 4.69) is 17.2 Å². The topological polar surface area (TPSA) is 159 Å². The molecule has 12 nitrogen and oxygen atoms in total. The van der Waals surface area contributed by atoms with Crippen LogP contribution in [0.15, 0.2) is 40.4 Å². The van der Waals surface area contributed by atoms with Crippen molar-refractivity contribution in [1.29, 1.82) is 0 Å². The van der Waals surface area contributed by atoms with Gasteiger partial charge < -0.3 is 28.1 Å². The van der Waals surface area contributed by atoms with Gasteiger partial charge in [-0.3, -0.25) is 14.9 Å². The average molecular weight is 655 g/mol. The standard InChI is InChI=1S/C35H46N2O10/c1-5-6-7-8-9-16-29(39)42-20-13-12-15-26-31(44-26)33-34(47-35(41)36-24(4)38)32-27(45-32)19-18-22(2)21-28-37-25(23(3)43-28)14-10-11-17-30(40)46-33/h10-12,14-15,17,21,26-27,31-34H,5-9,13,16,18-20H2,1-4H3,(H,36,38,41)/b14-10+,15-12+,17-11-,22-21-. The van der Waals surface area contributed by atoms with E-state index in [4.69, 9.17) is 28.1 Å². The number of unbranched alkanes of at least 4 members (excludes halogenated alkanes) is 4. The smallest absolute Gasteiger partial charge is 0.414 e. The summed E-state index contributed by atoms with van der Waals surface area (Å²) in [5.41, 5.74) is 1.65. The molecule has 0 aliphatic carbocycles. The van der Waals surface area contributed by atoms with Gasteiger partial charge in [0.1, 0.15) is 29.8 Å². The van der Waals surface area contributed by atoms with Gasteiger partial charge in [-0.05, 0) is 51.7 Å². The van der Waals surface area contributed by atoms with E-state index in [0.29, 0.717) is 43.0 Å². The number of aromatic nitrogens is 1. The number of hydrogen-bond acceptors (Lipinski definition) is 11. The molecule has 3 aliphatic heterocycles. The Kier molecular flexibility index (Phi) is 13.5. The van der Waals surface area contributed by atoms with Crippen molar-refractivity contribution in [1.82, 2.24) is 10.3 Å². The van der Waals surface area contributed by atoms with Crippen LogP contribution in [0.2, 0.25) is 0 Å². The van der Waals surface area contributed by atoms with Crippen molar-refractivity contribution in [2.24, 2.45) is 0 Å². The van der Waals surface area contributed by atoms with Gasteiger partial charge in [-0.1, -0.05) is 62.5 Å². The fraction of sp³-hybridized carbons (Fsp3) is 0.571. The Bertz CT molecular complexity index is 1380. The van der Waals surface area contributed by atoms with Gasteiger partial charge in [0.05, 0.1) is 12.7 Å². The number of aryl methyl sites for hydroxylation is 1. The van der Waals surface area contributed by atoms with E-state index < -0.39 is 48.5 Å². The normalized spacial score (nSPS) is 28.2. The van der Waals surface area contributed by atoms with Crippen LogP contribution in [-0.4, -0.2) is 72.2 Å². The first kappa shape index (κ1) is 35.8. The number of amides is 2. The van der Waals surface area contributed by atoms with E-state index in [1.165, 1.54) is 25.5 Å². The van der Waals surface area contributed by atoms with Crippen LogP contribution in [0, 0.1) is 6.92 Å². The van der Waals surface area contributed by atoms with Gasteiger partial charge in [-0.25, -0.2) is 14.6 Å². The first-order valence-electron chi connectivity index (χ1n) is 16.5. The molecule has 1 aromatic rings. The third-order valence-electron chi connectivity index (χ3n) is 7.93. The minimum atomic E-state index is -1.05. The van der Waals surface area contributed by atoms with Crippen molar-refractivity contribution in [3.63, 3.8) is 0 Å². The summed E-state index contributed by atoms with van der Waals surface area (Å²) in [5, 5.41) is 2.11. The van der Waals surface area contributed by atoms with Gasteiger partial charge >= 0.3 is 18.0 Å². The zero-order valence-corrected chi connectivity index (χ0v) is 27.6. The van der Waals surface area contributed by atoms with E-state index in [9.17, 15) is 19.2 Å². The summed E-state index contributed by atoms with van der Waals surface area (Å²) >= 11 is 0. The zero-order chi connectivity index (χ0) is 33.8. The van der Waals surface area contributed by atoms with Crippen molar-refractivity contribution < 1.29 is 47.3 Å². The number of imide groups is 1. The molecule has 0 spiro atoms. The van der Waals surface area contributed by atoms with Gasteiger partial charge in [0.25, 0.3) is 0 Å². The maximum Gasteiger partial charge on any atom is 0.414 e. The van der Waals surface area contributed by atoms with E-state index in [0.717, 1.165) is 31.3 Å². The minimum Gasteiger partial charge on any atom is -0.465 e. The van der Waals surface area contributed by atoms with Crippen molar-refractivity contribution in [3.8, 4) is 0 Å². The van der Waals surface area contributed by atoms with Crippen molar-refractivity contribution >= 4 is 36.1 Å². The van der Waals surface area contributed by atoms with Gasteiger partial charge in [-0.15, -0.1) is 0 Å². The fourth-order valence-corrected chi connectivity index (χ4v) is 5.34. The maximum atomic E-state index is 13.0. The number of esters is 2. The Morgan fingerprint density at radius 3 is 2.62 bits per heavy atom. The highest BCUT2D eigenvalue weighted by atomic mass is 16.7. The van der Waals surface area contributed by atoms with Gasteiger partial charge in [0.15, 0.2) is 12.2 Å². The van der Waals surface area contributed by atoms with Crippen molar-refractivity contribution in [2.75, 3.05) is 6.61 Å². The van der Waals surface area contributed by atoms with Crippen LogP contribution < -0.4 is 5.32 Å². The molecule has 0 radical (unpaired) electrons. The fourth-order valence-electron chi connectivity index (χ4n) is 5.34. The highest BCUT2D eigenvalue weighted by Gasteiger charge is 2.58. The molecule has 1 N–H and O–H groups in total. The van der Waals surface area contributed by atoms with Crippen LogP contribution in [0.4, 0.5) is 4.79 Å². The number of hydrogen-bond donors (Lipinski definition) is 1. The Balaban J connectivity index is 1.43. The first-order valence-corrected chi connectivity index (χ1v) is 16.5. The molecule has 1 aromatic heterocycles. The Morgan fingerprint density at radius 1 is 1.04 bits per heavy atom. The summed E-state index contributed by atoms with van der Waals surface area (Å²) < 4.78 is 34.4. The summed E-state index contributed by atoms with van der Waals surface area (Å²) in [6, 6.07) is 0. The first-order chi connectivity index (χ1) is 22.6. The van der Waals surface area contributed by atoms with Crippen LogP contribution in [-0.2, 0) is 38.1 Å². The molecule has 3 aliphatic rings. The molecular formula is C35H46N2O10. The molecule has 0 aromatic carbocycles. The average Bonchev–Trinajstić information content (AvgIpc) is 3.93. The Hall–Kier alpha value is -4.03. The predicted molar refractivity (Wildman–Crippen MR) is 172 cm³/mol. The number of fused-ring (bicyclic) bond motifs is 3. The van der Waals surface area contributed by atoms with Crippen LogP contribution in [0.3, 0.4) is 0 Å². The third kappa shape index (κ3) is 11.9. The lowest BCUT2D eigenvalue weighted by atomic mass is 10.00. The molecule has 256 valence electrons. The van der Waals surface area contributed by atoms with E-state index in [-0.39, 0.29) is 18.7 Å². The summed E-state index contributed by atoms with van der Waals surface area (Å²) in [4.78, 5) is 53.6. The molecule has 2 bridgehead atoms. The maximum absolute atomic E-state index is 13.0. The second-order valence-electron chi connectivity index (χ2n) is 12.0. The van der Waals surface area contributed by atoms with E-state index in [1.54, 1.807) is 18.2 Å². The number of rotatable bonds is 12. The molecule has 2 saturated heterocycles. The molecule has 0 saturated carbocycles. The molecular weight excluding hydrogens is 608 g/mol. The van der Waals surface area contributed by atoms with E-state index >= 15 is 0 Å². The highest BCUT2D eigenvalue weighted by Crippen LogP contribution is 2.40. The number of epoxide rings is 2. The SMILES string of the molecule is CCCCCCCC(=O)OCC/C=C/C1OC1C1OC(=O)/C=C\C=C\c2nc(oc2C)/C=C(/C)CCC2OC2C1OC(=O)NC(C)=O. The number of nitrogens with one attached hydrogen (secondary N) is 1. The van der Waals surface area contributed by atoms with Crippen LogP contribution in [0.25, 0.3) is 12.2 Å². The summed E-state index contributed by atoms with van der Waals surface area (Å²) in [7, 11) is 0. The molecule has 6 atom stereocenters. The largest absolute Gasteiger partial charge is 0.465 e. The lowest BCUT2D eigenvalue weighted by Gasteiger charge is -2.24. The number of oxazole rings is 1. The molecule has 6 unspecified atom stereocenters. The number of alkyl carbamates (subject to hydrolysis) is 1. The summed E-state index contributed by atoms with van der Waals surface area (Å²) in [5.74, 6) is -0.364. The molecule has 2 amide bonds. The quantitative estimate of drug-likeness (QED) is 0.0970. The Labute approximate surface area is 275 Å². The van der Waals surface area contributed by atoms with Gasteiger partial charge in [0, 0.05) is 19.4 Å². The number of carbonyl (C=O) groups excluding carboxylic acids is 4. The minimum absolute atomic E-state index is 0.207. The van der Waals surface area contributed by atoms with Crippen molar-refractivity contribution in [2.45, 2.75) is 122 Å². The summed E-state index contributed by atoms with van der Waals surface area (Å²) in [6.45, 7) is 7.37. The second-order valence-corrected chi connectivity index (χ2v) is 12.0. The van der Waals surface area contributed by atoms with Crippen molar-refractivity contribution in [3.05, 3.63) is 53.3 Å². The van der Waals surface area contributed by atoms with Crippen LogP contribution in [0.5, 0.6) is 0 Å². The lowest BCUT2D eigenvalue weighted by molar-refractivity contribution is -0.151. The second kappa shape index (κ2) is 17.8. The van der Waals surface area contributed by atoms with Gasteiger partial charge in [0.2, 0.25) is 11.8 Å². The zero-order valence-electron chi connectivity index (χ0n) is 27.6. The number of carbonyl (C=O) groups is 4. The predicted octanol–water partition coefficient (Wildman–Crippen LogP) is 5.69. The molecule has 4 rings (SSSR count). The number of cyclic esters (lactones) is 1.